The summed E-state index contributed by atoms with van der Waals surface area (Å²) in [5.74, 6) is -0.874. The average Bonchev–Trinajstić information content (AvgIpc) is 3.79. The van der Waals surface area contributed by atoms with Crippen molar-refractivity contribution in [1.29, 1.82) is 0 Å². The number of esters is 1. The van der Waals surface area contributed by atoms with Crippen molar-refractivity contribution in [3.8, 4) is 0 Å². The molecule has 0 spiro atoms. The van der Waals surface area contributed by atoms with Crippen LogP contribution in [-0.2, 0) is 63.6 Å². The average molecular weight is 641 g/mol. The van der Waals surface area contributed by atoms with Crippen molar-refractivity contribution in [1.82, 2.24) is 0 Å². The minimum Gasteiger partial charge on any atom is -0.484 e. The van der Waals surface area contributed by atoms with Crippen LogP contribution in [0.1, 0.15) is 19.5 Å². The number of rotatable bonds is 16. The molecule has 0 aliphatic carbocycles. The summed E-state index contributed by atoms with van der Waals surface area (Å²) in [5, 5.41) is 17.9. The molecule has 0 unspecified atom stereocenters. The maximum atomic E-state index is 13.8. The lowest BCUT2D eigenvalue weighted by atomic mass is 10.2. The van der Waals surface area contributed by atoms with E-state index in [2.05, 4.69) is 0 Å². The lowest BCUT2D eigenvalue weighted by molar-refractivity contribution is -0.148. The van der Waals surface area contributed by atoms with Gasteiger partial charge in [0.25, 0.3) is 0 Å². The third-order valence-corrected chi connectivity index (χ3v) is 10.3. The molecule has 0 saturated carbocycles. The van der Waals surface area contributed by atoms with Gasteiger partial charge in [-0.3, -0.25) is 13.6 Å². The quantitative estimate of drug-likeness (QED) is 0.105. The molecule has 9 nitrogen and oxygen atoms in total. The number of thiophene rings is 4. The van der Waals surface area contributed by atoms with Gasteiger partial charge in [-0.2, -0.15) is 0 Å². The van der Waals surface area contributed by atoms with Crippen molar-refractivity contribution in [2.75, 3.05) is 6.61 Å². The summed E-state index contributed by atoms with van der Waals surface area (Å²) in [6.07, 6.45) is -2.58. The summed E-state index contributed by atoms with van der Waals surface area (Å²) >= 11 is 5.80. The molecule has 1 N–H and O–H groups in total. The first-order chi connectivity index (χ1) is 19.5. The highest BCUT2D eigenvalue weighted by molar-refractivity contribution is 7.48. The molecule has 0 fully saturated rings. The standard InChI is InChI=1S/C26H25O9PS4/c27-13-22(35-36(29,32-16-20-7-3-11-39-20)33-17-21-8-4-12-40-21)23-24(30-14-18-5-1-9-37-18)25(26(28)34-23)31-15-19-6-2-10-38-19/h1-12,22-23,27H,13-17H2/t22-,23+/m0/s1. The number of hydrogen-bond acceptors (Lipinski definition) is 13. The normalized spacial score (nSPS) is 16.3. The molecular weight excluding hydrogens is 616 g/mol. The van der Waals surface area contributed by atoms with E-state index in [1.54, 1.807) is 0 Å². The highest BCUT2D eigenvalue weighted by Gasteiger charge is 2.46. The van der Waals surface area contributed by atoms with Gasteiger partial charge >= 0.3 is 13.8 Å². The van der Waals surface area contributed by atoms with E-state index < -0.39 is 32.6 Å². The van der Waals surface area contributed by atoms with Gasteiger partial charge in [-0.05, 0) is 45.8 Å². The predicted octanol–water partition coefficient (Wildman–Crippen LogP) is 6.72. The molecule has 5 rings (SSSR count). The van der Waals surface area contributed by atoms with E-state index in [0.717, 1.165) is 19.5 Å². The number of phosphoric acid groups is 1. The molecular formula is C26H25O9PS4. The fourth-order valence-corrected chi connectivity index (χ4v) is 7.52. The van der Waals surface area contributed by atoms with E-state index in [1.165, 1.54) is 45.3 Å². The number of cyclic esters (lactones) is 1. The monoisotopic (exact) mass is 640 g/mol. The fourth-order valence-electron chi connectivity index (χ4n) is 3.58. The van der Waals surface area contributed by atoms with Crippen LogP contribution in [0.4, 0.5) is 0 Å². The van der Waals surface area contributed by atoms with Crippen molar-refractivity contribution in [3.05, 3.63) is 101 Å². The second-order valence-corrected chi connectivity index (χ2v) is 14.0. The Labute approximate surface area is 246 Å². The predicted molar refractivity (Wildman–Crippen MR) is 153 cm³/mol. The van der Waals surface area contributed by atoms with Crippen LogP contribution < -0.4 is 0 Å². The maximum absolute atomic E-state index is 13.8. The lowest BCUT2D eigenvalue weighted by Crippen LogP contribution is -2.35. The van der Waals surface area contributed by atoms with Gasteiger partial charge in [0, 0.05) is 19.5 Å². The molecule has 4 aromatic heterocycles. The van der Waals surface area contributed by atoms with Crippen molar-refractivity contribution in [3.63, 3.8) is 0 Å². The Morgan fingerprint density at radius 2 is 1.25 bits per heavy atom. The molecule has 0 amide bonds. The Kier molecular flexibility index (Phi) is 10.2. The van der Waals surface area contributed by atoms with Gasteiger partial charge in [0.2, 0.25) is 5.76 Å². The molecule has 0 saturated heterocycles. The van der Waals surface area contributed by atoms with Crippen molar-refractivity contribution in [2.45, 2.75) is 38.6 Å². The molecule has 0 bridgehead atoms. The van der Waals surface area contributed by atoms with Crippen molar-refractivity contribution >= 4 is 59.1 Å². The summed E-state index contributed by atoms with van der Waals surface area (Å²) in [5.41, 5.74) is 0. The zero-order valence-corrected chi connectivity index (χ0v) is 25.1. The molecule has 5 heterocycles. The van der Waals surface area contributed by atoms with Gasteiger partial charge in [-0.15, -0.1) is 45.3 Å². The van der Waals surface area contributed by atoms with E-state index in [-0.39, 0.29) is 37.9 Å². The highest BCUT2D eigenvalue weighted by Crippen LogP contribution is 2.53. The second-order valence-electron chi connectivity index (χ2n) is 8.23. The first-order valence-corrected chi connectivity index (χ1v) is 17.0. The number of ether oxygens (including phenoxy) is 3. The van der Waals surface area contributed by atoms with E-state index in [0.29, 0.717) is 0 Å². The molecule has 2 atom stereocenters. The van der Waals surface area contributed by atoms with Crippen LogP contribution in [0.3, 0.4) is 0 Å². The van der Waals surface area contributed by atoms with Crippen LogP contribution in [0.5, 0.6) is 0 Å². The van der Waals surface area contributed by atoms with E-state index >= 15 is 0 Å². The first-order valence-electron chi connectivity index (χ1n) is 12.0. The van der Waals surface area contributed by atoms with Crippen molar-refractivity contribution < 1.29 is 42.2 Å². The fraction of sp³-hybridized carbons (Fsp3) is 0.269. The Morgan fingerprint density at radius 1 is 0.775 bits per heavy atom. The minimum atomic E-state index is -4.27. The van der Waals surface area contributed by atoms with E-state index in [9.17, 15) is 14.5 Å². The Morgan fingerprint density at radius 3 is 1.70 bits per heavy atom. The molecule has 212 valence electrons. The molecule has 1 aliphatic rings. The zero-order valence-electron chi connectivity index (χ0n) is 20.9. The molecule has 1 aliphatic heterocycles. The van der Waals surface area contributed by atoms with Crippen LogP contribution in [0.2, 0.25) is 0 Å². The summed E-state index contributed by atoms with van der Waals surface area (Å²) < 4.78 is 48.3. The number of carbonyl (C=O) groups excluding carboxylic acids is 1. The summed E-state index contributed by atoms with van der Waals surface area (Å²) in [6.45, 7) is -0.483. The van der Waals surface area contributed by atoms with Gasteiger partial charge in [0.05, 0.1) is 19.8 Å². The Bertz CT molecular complexity index is 1360. The smallest absolute Gasteiger partial charge is 0.475 e. The molecule has 14 heteroatoms. The van der Waals surface area contributed by atoms with E-state index in [1.807, 2.05) is 70.1 Å². The number of aliphatic hydroxyl groups excluding tert-OH is 1. The Balaban J connectivity index is 1.37. The van der Waals surface area contributed by atoms with Gasteiger partial charge in [0.15, 0.2) is 11.9 Å². The van der Waals surface area contributed by atoms with Crippen LogP contribution in [-0.4, -0.2) is 29.9 Å². The topological polar surface area (TPSA) is 110 Å². The molecule has 0 aromatic carbocycles. The third kappa shape index (κ3) is 7.69. The summed E-state index contributed by atoms with van der Waals surface area (Å²) in [6, 6.07) is 14.9. The molecule has 40 heavy (non-hydrogen) atoms. The number of aliphatic hydroxyl groups is 1. The Hall–Kier alpha value is -2.32. The van der Waals surface area contributed by atoms with Crippen LogP contribution in [0.25, 0.3) is 0 Å². The van der Waals surface area contributed by atoms with Gasteiger partial charge < -0.3 is 19.3 Å². The van der Waals surface area contributed by atoms with Crippen molar-refractivity contribution in [2.24, 2.45) is 0 Å². The highest BCUT2D eigenvalue weighted by atomic mass is 32.1. The van der Waals surface area contributed by atoms with Crippen LogP contribution in [0.15, 0.2) is 81.6 Å². The number of phosphoric ester groups is 1. The SMILES string of the molecule is O=C1O[C@H]([C@H](CO)OP(=O)(OCc2cccs2)OCc2cccs2)C(OCc2cccs2)=C1OCc1cccs1. The minimum absolute atomic E-state index is 0.0330. The molecule has 0 radical (unpaired) electrons. The van der Waals surface area contributed by atoms with Gasteiger partial charge in [0.1, 0.15) is 19.3 Å². The van der Waals surface area contributed by atoms with E-state index in [4.69, 9.17) is 27.8 Å². The largest absolute Gasteiger partial charge is 0.484 e. The first kappa shape index (κ1) is 29.2. The second kappa shape index (κ2) is 14.0. The zero-order chi connectivity index (χ0) is 27.8. The third-order valence-electron chi connectivity index (χ3n) is 5.46. The van der Waals surface area contributed by atoms with Gasteiger partial charge in [-0.1, -0.05) is 24.3 Å². The summed E-state index contributed by atoms with van der Waals surface area (Å²) in [7, 11) is -4.27. The molecule has 4 aromatic rings. The lowest BCUT2D eigenvalue weighted by Gasteiger charge is -2.26. The van der Waals surface area contributed by atoms with Crippen LogP contribution >= 0.6 is 53.2 Å². The maximum Gasteiger partial charge on any atom is 0.475 e. The summed E-state index contributed by atoms with van der Waals surface area (Å²) in [4.78, 5) is 16.3. The number of carbonyl (C=O) groups is 1. The van der Waals surface area contributed by atoms with Gasteiger partial charge in [-0.25, -0.2) is 9.36 Å². The van der Waals surface area contributed by atoms with Crippen LogP contribution in [0, 0.1) is 0 Å². The number of hydrogen-bond donors (Lipinski definition) is 1.